The molecule has 1 saturated heterocycles. The second-order valence-electron chi connectivity index (χ2n) is 5.25. The van der Waals surface area contributed by atoms with Gasteiger partial charge in [-0.15, -0.1) is 10.2 Å². The smallest absolute Gasteiger partial charge is 0.191 e. The van der Waals surface area contributed by atoms with Crippen LogP contribution in [0.5, 0.6) is 0 Å². The van der Waals surface area contributed by atoms with Gasteiger partial charge in [-0.05, 0) is 19.4 Å². The molecule has 1 N–H and O–H groups in total. The molecule has 1 atom stereocenters. The second-order valence-corrected chi connectivity index (χ2v) is 6.20. The number of nitrogens with zero attached hydrogens (tertiary/aromatic N) is 5. The molecule has 7 heteroatoms. The summed E-state index contributed by atoms with van der Waals surface area (Å²) in [7, 11) is 4.00. The van der Waals surface area contributed by atoms with Gasteiger partial charge >= 0.3 is 0 Å². The fraction of sp³-hybridized carbons (Fsp3) is 0.615. The van der Waals surface area contributed by atoms with Crippen molar-refractivity contribution >= 4 is 11.8 Å². The first-order valence-electron chi connectivity index (χ1n) is 6.94. The first-order chi connectivity index (χ1) is 9.74. The fourth-order valence-corrected chi connectivity index (χ4v) is 3.40. The van der Waals surface area contributed by atoms with Gasteiger partial charge in [0, 0.05) is 44.1 Å². The maximum atomic E-state index is 4.39. The Morgan fingerprint density at radius 3 is 3.00 bits per heavy atom. The summed E-state index contributed by atoms with van der Waals surface area (Å²) < 4.78 is 3.96. The molecule has 3 heterocycles. The summed E-state index contributed by atoms with van der Waals surface area (Å²) in [5, 5.41) is 17.3. The lowest BCUT2D eigenvalue weighted by molar-refractivity contribution is 0.436. The summed E-state index contributed by atoms with van der Waals surface area (Å²) >= 11 is 1.71. The van der Waals surface area contributed by atoms with E-state index in [0.29, 0.717) is 5.92 Å². The molecule has 0 saturated carbocycles. The van der Waals surface area contributed by atoms with E-state index in [1.165, 1.54) is 18.4 Å². The zero-order chi connectivity index (χ0) is 13.9. The zero-order valence-corrected chi connectivity index (χ0v) is 12.7. The molecule has 1 aliphatic rings. The van der Waals surface area contributed by atoms with E-state index in [0.717, 1.165) is 29.8 Å². The lowest BCUT2D eigenvalue weighted by Gasteiger charge is -2.21. The molecule has 6 nitrogen and oxygen atoms in total. The van der Waals surface area contributed by atoms with Gasteiger partial charge < -0.3 is 9.88 Å². The maximum Gasteiger partial charge on any atom is 0.191 e. The van der Waals surface area contributed by atoms with Crippen molar-refractivity contribution in [2.45, 2.75) is 29.7 Å². The highest BCUT2D eigenvalue weighted by atomic mass is 32.2. The van der Waals surface area contributed by atoms with Crippen LogP contribution < -0.4 is 5.32 Å². The van der Waals surface area contributed by atoms with Gasteiger partial charge in [-0.1, -0.05) is 11.8 Å². The molecule has 0 aromatic carbocycles. The third-order valence-corrected chi connectivity index (χ3v) is 4.75. The van der Waals surface area contributed by atoms with Crippen molar-refractivity contribution in [1.29, 1.82) is 0 Å². The van der Waals surface area contributed by atoms with Crippen molar-refractivity contribution in [1.82, 2.24) is 29.9 Å². The van der Waals surface area contributed by atoms with Crippen molar-refractivity contribution in [3.05, 3.63) is 23.8 Å². The third-order valence-electron chi connectivity index (χ3n) is 3.66. The Hall–Kier alpha value is -1.34. The Balaban J connectivity index is 1.66. The highest BCUT2D eigenvalue weighted by Gasteiger charge is 2.21. The molecule has 108 valence electrons. The van der Waals surface area contributed by atoms with Gasteiger partial charge in [-0.25, -0.2) is 0 Å². The van der Waals surface area contributed by atoms with Crippen LogP contribution in [0.3, 0.4) is 0 Å². The summed E-state index contributed by atoms with van der Waals surface area (Å²) in [4.78, 5) is 0. The van der Waals surface area contributed by atoms with Crippen molar-refractivity contribution in [3.8, 4) is 0 Å². The van der Waals surface area contributed by atoms with Gasteiger partial charge in [-0.2, -0.15) is 5.10 Å². The predicted molar refractivity (Wildman–Crippen MR) is 78.6 cm³/mol. The summed E-state index contributed by atoms with van der Waals surface area (Å²) in [5.74, 6) is 2.47. The van der Waals surface area contributed by atoms with Crippen molar-refractivity contribution in [2.24, 2.45) is 14.1 Å². The Labute approximate surface area is 123 Å². The van der Waals surface area contributed by atoms with Crippen LogP contribution in [0.4, 0.5) is 0 Å². The SMILES string of the molecule is Cn1cc(CSc2nnc([C@@H]3CCCNC3)n2C)cn1. The Morgan fingerprint density at radius 2 is 2.30 bits per heavy atom. The van der Waals surface area contributed by atoms with E-state index < -0.39 is 0 Å². The average Bonchev–Trinajstić information content (AvgIpc) is 3.04. The zero-order valence-electron chi connectivity index (χ0n) is 11.9. The molecule has 0 bridgehead atoms. The van der Waals surface area contributed by atoms with Crippen LogP contribution >= 0.6 is 11.8 Å². The van der Waals surface area contributed by atoms with Crippen molar-refractivity contribution < 1.29 is 0 Å². The summed E-state index contributed by atoms with van der Waals surface area (Å²) in [6.45, 7) is 2.14. The maximum absolute atomic E-state index is 4.39. The van der Waals surface area contributed by atoms with Crippen LogP contribution in [0.2, 0.25) is 0 Å². The Bertz CT molecular complexity index is 569. The normalized spacial score (nSPS) is 19.4. The molecule has 1 aliphatic heterocycles. The second kappa shape index (κ2) is 5.97. The van der Waals surface area contributed by atoms with Crippen LogP contribution in [-0.4, -0.2) is 37.6 Å². The number of rotatable bonds is 4. The molecule has 20 heavy (non-hydrogen) atoms. The van der Waals surface area contributed by atoms with E-state index in [2.05, 4.69) is 32.2 Å². The number of nitrogens with one attached hydrogen (secondary N) is 1. The molecular weight excluding hydrogens is 272 g/mol. The van der Waals surface area contributed by atoms with Crippen LogP contribution in [0.25, 0.3) is 0 Å². The number of aryl methyl sites for hydroxylation is 1. The number of thioether (sulfide) groups is 1. The van der Waals surface area contributed by atoms with Crippen LogP contribution in [-0.2, 0) is 19.8 Å². The van der Waals surface area contributed by atoms with E-state index in [9.17, 15) is 0 Å². The molecule has 2 aromatic heterocycles. The highest BCUT2D eigenvalue weighted by Crippen LogP contribution is 2.26. The standard InChI is InChI=1S/C13H20N6S/c1-18-8-10(6-15-18)9-20-13-17-16-12(19(13)2)11-4-3-5-14-7-11/h6,8,11,14H,3-5,7,9H2,1-2H3/t11-/m1/s1. The Morgan fingerprint density at radius 1 is 1.40 bits per heavy atom. The largest absolute Gasteiger partial charge is 0.316 e. The van der Waals surface area contributed by atoms with E-state index in [1.54, 1.807) is 11.8 Å². The molecule has 0 radical (unpaired) electrons. The number of piperidine rings is 1. The van der Waals surface area contributed by atoms with E-state index in [1.807, 2.05) is 24.1 Å². The number of hydrogen-bond donors (Lipinski definition) is 1. The molecular formula is C13H20N6S. The lowest BCUT2D eigenvalue weighted by atomic mass is 9.99. The first kappa shape index (κ1) is 13.6. The van der Waals surface area contributed by atoms with Crippen LogP contribution in [0.15, 0.2) is 17.6 Å². The van der Waals surface area contributed by atoms with E-state index in [4.69, 9.17) is 0 Å². The molecule has 0 spiro atoms. The third kappa shape index (κ3) is 2.88. The van der Waals surface area contributed by atoms with Crippen LogP contribution in [0, 0.1) is 0 Å². The average molecular weight is 292 g/mol. The van der Waals surface area contributed by atoms with E-state index in [-0.39, 0.29) is 0 Å². The minimum Gasteiger partial charge on any atom is -0.316 e. The number of aromatic nitrogens is 5. The monoisotopic (exact) mass is 292 g/mol. The van der Waals surface area contributed by atoms with E-state index >= 15 is 0 Å². The number of hydrogen-bond acceptors (Lipinski definition) is 5. The minimum absolute atomic E-state index is 0.494. The summed E-state index contributed by atoms with van der Waals surface area (Å²) in [5.41, 5.74) is 1.21. The molecule has 0 unspecified atom stereocenters. The minimum atomic E-state index is 0.494. The lowest BCUT2D eigenvalue weighted by Crippen LogP contribution is -2.29. The Kier molecular flexibility index (Phi) is 4.07. The fourth-order valence-electron chi connectivity index (χ4n) is 2.57. The van der Waals surface area contributed by atoms with Gasteiger partial charge in [0.25, 0.3) is 0 Å². The predicted octanol–water partition coefficient (Wildman–Crippen LogP) is 1.31. The van der Waals surface area contributed by atoms with Gasteiger partial charge in [0.05, 0.1) is 6.20 Å². The van der Waals surface area contributed by atoms with Gasteiger partial charge in [0.2, 0.25) is 0 Å². The van der Waals surface area contributed by atoms with Crippen molar-refractivity contribution in [2.75, 3.05) is 13.1 Å². The quantitative estimate of drug-likeness (QED) is 0.861. The van der Waals surface area contributed by atoms with Gasteiger partial charge in [0.1, 0.15) is 5.82 Å². The van der Waals surface area contributed by atoms with Gasteiger partial charge in [0.15, 0.2) is 5.16 Å². The molecule has 2 aromatic rings. The summed E-state index contributed by atoms with van der Waals surface area (Å²) in [6, 6.07) is 0. The first-order valence-corrected chi connectivity index (χ1v) is 7.93. The molecule has 0 amide bonds. The molecule has 0 aliphatic carbocycles. The summed E-state index contributed by atoms with van der Waals surface area (Å²) in [6.07, 6.45) is 6.35. The molecule has 1 fully saturated rings. The topological polar surface area (TPSA) is 60.6 Å². The highest BCUT2D eigenvalue weighted by molar-refractivity contribution is 7.98. The molecule has 3 rings (SSSR count). The van der Waals surface area contributed by atoms with Crippen LogP contribution in [0.1, 0.15) is 30.1 Å². The van der Waals surface area contributed by atoms with Crippen molar-refractivity contribution in [3.63, 3.8) is 0 Å². The van der Waals surface area contributed by atoms with Gasteiger partial charge in [-0.3, -0.25) is 4.68 Å².